The number of nitrogens with two attached hydrogens (primary N) is 1. The number of anilines is 1. The fourth-order valence-electron chi connectivity index (χ4n) is 3.48. The number of benzene rings is 2. The lowest BCUT2D eigenvalue weighted by atomic mass is 9.90. The summed E-state index contributed by atoms with van der Waals surface area (Å²) in [4.78, 5) is 4.56. The lowest BCUT2D eigenvalue weighted by Gasteiger charge is -2.19. The standard InChI is InChI=1S/C23H23N3O3/c1-5-16-20(15-11-18(27-2)22(29-4)19(12-15)28-3)17(13-24)23(25)26-21(16)14-9-7-6-8-10-14/h6-12H,5H2,1-4H3,(H2,25,26). The molecule has 1 heterocycles. The fourth-order valence-corrected chi connectivity index (χ4v) is 3.48. The number of aromatic nitrogens is 1. The first kappa shape index (κ1) is 20.0. The van der Waals surface area contributed by atoms with Gasteiger partial charge in [0, 0.05) is 11.1 Å². The number of hydrogen-bond donors (Lipinski definition) is 1. The van der Waals surface area contributed by atoms with Gasteiger partial charge in [-0.3, -0.25) is 0 Å². The van der Waals surface area contributed by atoms with Crippen molar-refractivity contribution in [3.05, 3.63) is 53.6 Å². The molecule has 2 N–H and O–H groups in total. The van der Waals surface area contributed by atoms with Crippen LogP contribution in [0.1, 0.15) is 18.1 Å². The van der Waals surface area contributed by atoms with Crippen LogP contribution in [0.15, 0.2) is 42.5 Å². The lowest BCUT2D eigenvalue weighted by Crippen LogP contribution is -2.05. The molecule has 0 bridgehead atoms. The van der Waals surface area contributed by atoms with Gasteiger partial charge in [-0.15, -0.1) is 0 Å². The van der Waals surface area contributed by atoms with Gasteiger partial charge in [0.1, 0.15) is 17.5 Å². The van der Waals surface area contributed by atoms with E-state index in [1.54, 1.807) is 21.3 Å². The summed E-state index contributed by atoms with van der Waals surface area (Å²) in [7, 11) is 4.67. The molecule has 2 aromatic carbocycles. The fraction of sp³-hybridized carbons (Fsp3) is 0.217. The van der Waals surface area contributed by atoms with Crippen molar-refractivity contribution in [2.75, 3.05) is 27.1 Å². The molecule has 0 aliphatic heterocycles. The number of methoxy groups -OCH3 is 3. The van der Waals surface area contributed by atoms with Gasteiger partial charge < -0.3 is 19.9 Å². The summed E-state index contributed by atoms with van der Waals surface area (Å²) in [6.07, 6.45) is 0.665. The van der Waals surface area contributed by atoms with E-state index in [-0.39, 0.29) is 5.82 Å². The molecule has 0 atom stereocenters. The summed E-state index contributed by atoms with van der Waals surface area (Å²) in [5.41, 5.74) is 10.6. The average Bonchev–Trinajstić information content (AvgIpc) is 2.77. The van der Waals surface area contributed by atoms with E-state index < -0.39 is 0 Å². The summed E-state index contributed by atoms with van der Waals surface area (Å²) in [5.74, 6) is 1.68. The molecule has 0 unspecified atom stereocenters. The summed E-state index contributed by atoms with van der Waals surface area (Å²) in [6, 6.07) is 15.7. The summed E-state index contributed by atoms with van der Waals surface area (Å²) in [5, 5.41) is 9.84. The zero-order valence-electron chi connectivity index (χ0n) is 16.9. The zero-order valence-corrected chi connectivity index (χ0v) is 16.9. The van der Waals surface area contributed by atoms with E-state index in [0.29, 0.717) is 29.2 Å². The molecule has 3 rings (SSSR count). The maximum atomic E-state index is 9.84. The van der Waals surface area contributed by atoms with Gasteiger partial charge in [-0.1, -0.05) is 37.3 Å². The first-order chi connectivity index (χ1) is 14.1. The molecule has 0 spiro atoms. The second-order valence-corrected chi connectivity index (χ2v) is 6.32. The molecule has 148 valence electrons. The van der Waals surface area contributed by atoms with Gasteiger partial charge >= 0.3 is 0 Å². The van der Waals surface area contributed by atoms with Crippen LogP contribution in [-0.4, -0.2) is 26.3 Å². The van der Waals surface area contributed by atoms with Crippen molar-refractivity contribution in [2.45, 2.75) is 13.3 Å². The van der Waals surface area contributed by atoms with Crippen LogP contribution >= 0.6 is 0 Å². The maximum absolute atomic E-state index is 9.84. The Morgan fingerprint density at radius 2 is 1.59 bits per heavy atom. The molecule has 1 aromatic heterocycles. The van der Waals surface area contributed by atoms with Crippen LogP contribution in [0.3, 0.4) is 0 Å². The molecule has 0 aliphatic rings. The highest BCUT2D eigenvalue weighted by Gasteiger charge is 2.23. The van der Waals surface area contributed by atoms with Gasteiger partial charge in [0.2, 0.25) is 5.75 Å². The molecule has 6 nitrogen and oxygen atoms in total. The van der Waals surface area contributed by atoms with E-state index >= 15 is 0 Å². The number of nitrogens with zero attached hydrogens (tertiary/aromatic N) is 2. The minimum atomic E-state index is 0.187. The largest absolute Gasteiger partial charge is 0.493 e. The second kappa shape index (κ2) is 8.53. The van der Waals surface area contributed by atoms with Crippen molar-refractivity contribution < 1.29 is 14.2 Å². The zero-order chi connectivity index (χ0) is 21.0. The Labute approximate surface area is 170 Å². The summed E-state index contributed by atoms with van der Waals surface area (Å²) < 4.78 is 16.4. The monoisotopic (exact) mass is 389 g/mol. The van der Waals surface area contributed by atoms with Crippen LogP contribution in [0.4, 0.5) is 5.82 Å². The van der Waals surface area contributed by atoms with Gasteiger partial charge in [0.05, 0.1) is 27.0 Å². The van der Waals surface area contributed by atoms with E-state index in [9.17, 15) is 5.26 Å². The van der Waals surface area contributed by atoms with E-state index in [4.69, 9.17) is 19.9 Å². The van der Waals surface area contributed by atoms with Gasteiger partial charge in [0.15, 0.2) is 11.5 Å². The molecule has 0 amide bonds. The molecule has 6 heteroatoms. The highest BCUT2D eigenvalue weighted by Crippen LogP contribution is 2.44. The van der Waals surface area contributed by atoms with Crippen molar-refractivity contribution in [3.8, 4) is 45.7 Å². The Morgan fingerprint density at radius 3 is 2.07 bits per heavy atom. The minimum Gasteiger partial charge on any atom is -0.493 e. The molecular formula is C23H23N3O3. The topological polar surface area (TPSA) is 90.4 Å². The Kier molecular flexibility index (Phi) is 5.89. The van der Waals surface area contributed by atoms with Crippen LogP contribution in [0.2, 0.25) is 0 Å². The van der Waals surface area contributed by atoms with Gasteiger partial charge in [0.25, 0.3) is 0 Å². The Hall–Kier alpha value is -3.72. The first-order valence-electron chi connectivity index (χ1n) is 9.17. The Morgan fingerprint density at radius 1 is 0.966 bits per heavy atom. The molecule has 0 fully saturated rings. The summed E-state index contributed by atoms with van der Waals surface area (Å²) >= 11 is 0. The maximum Gasteiger partial charge on any atom is 0.203 e. The molecule has 0 radical (unpaired) electrons. The quantitative estimate of drug-likeness (QED) is 0.669. The van der Waals surface area contributed by atoms with Crippen molar-refractivity contribution in [1.82, 2.24) is 4.98 Å². The second-order valence-electron chi connectivity index (χ2n) is 6.32. The van der Waals surface area contributed by atoms with Crippen LogP contribution < -0.4 is 19.9 Å². The van der Waals surface area contributed by atoms with E-state index in [2.05, 4.69) is 11.1 Å². The third-order valence-electron chi connectivity index (χ3n) is 4.79. The number of pyridine rings is 1. The highest BCUT2D eigenvalue weighted by atomic mass is 16.5. The predicted molar refractivity (Wildman–Crippen MR) is 113 cm³/mol. The molecule has 0 saturated carbocycles. The summed E-state index contributed by atoms with van der Waals surface area (Å²) in [6.45, 7) is 2.03. The van der Waals surface area contributed by atoms with E-state index in [0.717, 1.165) is 27.9 Å². The molecule has 3 aromatic rings. The first-order valence-corrected chi connectivity index (χ1v) is 9.17. The smallest absolute Gasteiger partial charge is 0.203 e. The number of nitriles is 1. The third-order valence-corrected chi connectivity index (χ3v) is 4.79. The molecule has 29 heavy (non-hydrogen) atoms. The predicted octanol–water partition coefficient (Wildman–Crippen LogP) is 4.46. The van der Waals surface area contributed by atoms with Crippen molar-refractivity contribution in [1.29, 1.82) is 5.26 Å². The van der Waals surface area contributed by atoms with Crippen molar-refractivity contribution >= 4 is 5.82 Å². The SMILES string of the molecule is CCc1c(-c2ccccc2)nc(N)c(C#N)c1-c1cc(OC)c(OC)c(OC)c1. The van der Waals surface area contributed by atoms with Crippen LogP contribution in [0.5, 0.6) is 17.2 Å². The van der Waals surface area contributed by atoms with Crippen LogP contribution in [-0.2, 0) is 6.42 Å². The molecule has 0 saturated heterocycles. The lowest BCUT2D eigenvalue weighted by molar-refractivity contribution is 0.324. The Balaban J connectivity index is 2.40. The third kappa shape index (κ3) is 3.55. The average molecular weight is 389 g/mol. The number of rotatable bonds is 6. The highest BCUT2D eigenvalue weighted by molar-refractivity contribution is 5.86. The van der Waals surface area contributed by atoms with E-state index in [1.165, 1.54) is 0 Å². The number of hydrogen-bond acceptors (Lipinski definition) is 6. The van der Waals surface area contributed by atoms with Crippen molar-refractivity contribution in [2.24, 2.45) is 0 Å². The van der Waals surface area contributed by atoms with Crippen molar-refractivity contribution in [3.63, 3.8) is 0 Å². The molecular weight excluding hydrogens is 366 g/mol. The number of ether oxygens (including phenoxy) is 3. The van der Waals surface area contributed by atoms with E-state index in [1.807, 2.05) is 49.4 Å². The van der Waals surface area contributed by atoms with Crippen LogP contribution in [0.25, 0.3) is 22.4 Å². The van der Waals surface area contributed by atoms with Gasteiger partial charge in [-0.25, -0.2) is 4.98 Å². The number of nitrogen functional groups attached to an aromatic ring is 1. The Bertz CT molecular complexity index is 1050. The van der Waals surface area contributed by atoms with Crippen LogP contribution in [0, 0.1) is 11.3 Å². The molecule has 0 aliphatic carbocycles. The normalized spacial score (nSPS) is 10.3. The minimum absolute atomic E-state index is 0.187. The van der Waals surface area contributed by atoms with Gasteiger partial charge in [-0.2, -0.15) is 5.26 Å². The van der Waals surface area contributed by atoms with Gasteiger partial charge in [-0.05, 0) is 29.7 Å².